The van der Waals surface area contributed by atoms with Gasteiger partial charge in [0.05, 0.1) is 0 Å². The van der Waals surface area contributed by atoms with Crippen molar-refractivity contribution in [1.82, 2.24) is 0 Å². The molecule has 0 radical (unpaired) electrons. The van der Waals surface area contributed by atoms with Gasteiger partial charge in [-0.05, 0) is 6.08 Å². The smallest absolute Gasteiger partial charge is 0.181 e. The molecule has 2 nitrogen and oxygen atoms in total. The zero-order valence-electron chi connectivity index (χ0n) is 5.99. The summed E-state index contributed by atoms with van der Waals surface area (Å²) in [5, 5.41) is 0. The Balaban J connectivity index is 2.24. The SMILES string of the molecule is O=C=C1CC2C=CC=C[C@@H]2O1. The van der Waals surface area contributed by atoms with Gasteiger partial charge in [0.1, 0.15) is 6.10 Å². The molecule has 0 spiro atoms. The molecule has 1 aliphatic heterocycles. The summed E-state index contributed by atoms with van der Waals surface area (Å²) in [5.41, 5.74) is 0. The molecule has 0 N–H and O–H groups in total. The highest BCUT2D eigenvalue weighted by Crippen LogP contribution is 2.31. The van der Waals surface area contributed by atoms with Crippen LogP contribution in [-0.2, 0) is 9.53 Å². The van der Waals surface area contributed by atoms with E-state index in [1.54, 1.807) is 5.94 Å². The molecule has 0 bridgehead atoms. The number of ether oxygens (including phenoxy) is 1. The molecule has 1 fully saturated rings. The van der Waals surface area contributed by atoms with Crippen molar-refractivity contribution in [1.29, 1.82) is 0 Å². The fourth-order valence-electron chi connectivity index (χ4n) is 1.44. The Morgan fingerprint density at radius 1 is 1.45 bits per heavy atom. The molecule has 11 heavy (non-hydrogen) atoms. The molecule has 0 amide bonds. The predicted octanol–water partition coefficient (Wildman–Crippen LogP) is 1.23. The van der Waals surface area contributed by atoms with Gasteiger partial charge in [0.25, 0.3) is 0 Å². The minimum absolute atomic E-state index is 0.0800. The van der Waals surface area contributed by atoms with Gasteiger partial charge in [0.2, 0.25) is 0 Å². The van der Waals surface area contributed by atoms with Gasteiger partial charge in [-0.3, -0.25) is 0 Å². The molecule has 2 rings (SSSR count). The standard InChI is InChI=1S/C9H8O2/c10-6-8-5-7-3-1-2-4-9(7)11-8/h1-4,7,9H,5H2/t7?,9-/m0/s1. The zero-order chi connectivity index (χ0) is 7.68. The highest BCUT2D eigenvalue weighted by Gasteiger charge is 2.29. The van der Waals surface area contributed by atoms with Gasteiger partial charge >= 0.3 is 0 Å². The van der Waals surface area contributed by atoms with E-state index < -0.39 is 0 Å². The van der Waals surface area contributed by atoms with Crippen LogP contribution in [-0.4, -0.2) is 12.0 Å². The summed E-state index contributed by atoms with van der Waals surface area (Å²) in [4.78, 5) is 10.2. The number of allylic oxidation sites excluding steroid dienone is 3. The third-order valence-corrected chi connectivity index (χ3v) is 2.01. The van der Waals surface area contributed by atoms with Crippen molar-refractivity contribution in [2.75, 3.05) is 0 Å². The first-order chi connectivity index (χ1) is 5.40. The quantitative estimate of drug-likeness (QED) is 0.483. The number of hydrogen-bond acceptors (Lipinski definition) is 2. The lowest BCUT2D eigenvalue weighted by Crippen LogP contribution is -2.11. The van der Waals surface area contributed by atoms with Crippen molar-refractivity contribution < 1.29 is 9.53 Å². The van der Waals surface area contributed by atoms with Crippen molar-refractivity contribution in [2.45, 2.75) is 12.5 Å². The Morgan fingerprint density at radius 3 is 3.00 bits per heavy atom. The average Bonchev–Trinajstić information content (AvgIpc) is 2.46. The molecular formula is C9H8O2. The molecule has 1 heterocycles. The minimum atomic E-state index is 0.0800. The maximum Gasteiger partial charge on any atom is 0.181 e. The molecule has 2 heteroatoms. The van der Waals surface area contributed by atoms with Crippen LogP contribution >= 0.6 is 0 Å². The Labute approximate surface area is 64.9 Å². The summed E-state index contributed by atoms with van der Waals surface area (Å²) in [6.45, 7) is 0. The van der Waals surface area contributed by atoms with Gasteiger partial charge in [0.15, 0.2) is 11.7 Å². The molecular weight excluding hydrogens is 140 g/mol. The van der Waals surface area contributed by atoms with E-state index in [1.807, 2.05) is 18.2 Å². The van der Waals surface area contributed by atoms with E-state index in [-0.39, 0.29) is 6.10 Å². The van der Waals surface area contributed by atoms with Crippen LogP contribution < -0.4 is 0 Å². The van der Waals surface area contributed by atoms with E-state index in [9.17, 15) is 4.79 Å². The van der Waals surface area contributed by atoms with Gasteiger partial charge in [-0.1, -0.05) is 18.2 Å². The van der Waals surface area contributed by atoms with Crippen molar-refractivity contribution in [2.24, 2.45) is 5.92 Å². The first-order valence-electron chi connectivity index (χ1n) is 3.66. The fraction of sp³-hybridized carbons (Fsp3) is 0.333. The maximum absolute atomic E-state index is 10.2. The van der Waals surface area contributed by atoms with Crippen LogP contribution in [0.25, 0.3) is 0 Å². The molecule has 0 aromatic carbocycles. The summed E-state index contributed by atoms with van der Waals surface area (Å²) < 4.78 is 5.27. The number of hydrogen-bond donors (Lipinski definition) is 0. The summed E-state index contributed by atoms with van der Waals surface area (Å²) in [5.74, 6) is 2.61. The monoisotopic (exact) mass is 148 g/mol. The van der Waals surface area contributed by atoms with Crippen molar-refractivity contribution in [3.05, 3.63) is 30.1 Å². The largest absolute Gasteiger partial charge is 0.479 e. The topological polar surface area (TPSA) is 26.3 Å². The fourth-order valence-corrected chi connectivity index (χ4v) is 1.44. The second-order valence-electron chi connectivity index (χ2n) is 2.75. The summed E-state index contributed by atoms with van der Waals surface area (Å²) in [7, 11) is 0. The third kappa shape index (κ3) is 1.02. The lowest BCUT2D eigenvalue weighted by atomic mass is 9.97. The first kappa shape index (κ1) is 6.44. The lowest BCUT2D eigenvalue weighted by Gasteiger charge is -2.11. The Kier molecular flexibility index (Phi) is 1.41. The number of rotatable bonds is 0. The van der Waals surface area contributed by atoms with Crippen LogP contribution in [0.4, 0.5) is 0 Å². The molecule has 1 aliphatic carbocycles. The van der Waals surface area contributed by atoms with Gasteiger partial charge in [-0.25, -0.2) is 4.79 Å². The van der Waals surface area contributed by atoms with E-state index in [4.69, 9.17) is 4.74 Å². The van der Waals surface area contributed by atoms with Crippen LogP contribution in [0, 0.1) is 5.92 Å². The summed E-state index contributed by atoms with van der Waals surface area (Å²) >= 11 is 0. The van der Waals surface area contributed by atoms with Gasteiger partial charge < -0.3 is 4.74 Å². The molecule has 2 aliphatic rings. The Hall–Kier alpha value is -1.27. The van der Waals surface area contributed by atoms with Crippen LogP contribution in [0.2, 0.25) is 0 Å². The number of carbonyl (C=O) groups excluding carboxylic acids is 1. The van der Waals surface area contributed by atoms with Gasteiger partial charge in [-0.15, -0.1) is 0 Å². The Bertz CT molecular complexity index is 247. The highest BCUT2D eigenvalue weighted by atomic mass is 16.5. The van der Waals surface area contributed by atoms with Crippen LogP contribution in [0.5, 0.6) is 0 Å². The van der Waals surface area contributed by atoms with E-state index in [2.05, 4.69) is 6.08 Å². The molecule has 0 aromatic rings. The molecule has 1 unspecified atom stereocenters. The van der Waals surface area contributed by atoms with Gasteiger partial charge in [-0.2, -0.15) is 0 Å². The highest BCUT2D eigenvalue weighted by molar-refractivity contribution is 5.51. The van der Waals surface area contributed by atoms with E-state index in [0.717, 1.165) is 0 Å². The normalized spacial score (nSPS) is 32.9. The third-order valence-electron chi connectivity index (χ3n) is 2.01. The summed E-state index contributed by atoms with van der Waals surface area (Å²) in [6.07, 6.45) is 8.74. The minimum Gasteiger partial charge on any atom is -0.479 e. The molecule has 0 saturated carbocycles. The Morgan fingerprint density at radius 2 is 2.27 bits per heavy atom. The molecule has 0 aromatic heterocycles. The van der Waals surface area contributed by atoms with Crippen LogP contribution in [0.3, 0.4) is 0 Å². The second-order valence-corrected chi connectivity index (χ2v) is 2.75. The van der Waals surface area contributed by atoms with Crippen LogP contribution in [0.15, 0.2) is 30.1 Å². The molecule has 56 valence electrons. The van der Waals surface area contributed by atoms with Crippen LogP contribution in [0.1, 0.15) is 6.42 Å². The number of fused-ring (bicyclic) bond motifs is 1. The predicted molar refractivity (Wildman–Crippen MR) is 40.5 cm³/mol. The van der Waals surface area contributed by atoms with E-state index in [1.165, 1.54) is 0 Å². The maximum atomic E-state index is 10.2. The molecule has 2 atom stereocenters. The lowest BCUT2D eigenvalue weighted by molar-refractivity contribution is 0.187. The van der Waals surface area contributed by atoms with Crippen molar-refractivity contribution in [3.63, 3.8) is 0 Å². The van der Waals surface area contributed by atoms with Gasteiger partial charge in [0, 0.05) is 12.3 Å². The summed E-state index contributed by atoms with van der Waals surface area (Å²) in [6, 6.07) is 0. The first-order valence-corrected chi connectivity index (χ1v) is 3.66. The van der Waals surface area contributed by atoms with E-state index >= 15 is 0 Å². The van der Waals surface area contributed by atoms with Crippen molar-refractivity contribution in [3.8, 4) is 0 Å². The van der Waals surface area contributed by atoms with E-state index in [0.29, 0.717) is 18.1 Å². The zero-order valence-corrected chi connectivity index (χ0v) is 5.99. The van der Waals surface area contributed by atoms with Crippen molar-refractivity contribution >= 4 is 5.94 Å². The average molecular weight is 148 g/mol. The second kappa shape index (κ2) is 2.40. The molecule has 1 saturated heterocycles.